The van der Waals surface area contributed by atoms with Crippen molar-refractivity contribution in [1.29, 1.82) is 0 Å². The molecule has 0 radical (unpaired) electrons. The lowest BCUT2D eigenvalue weighted by molar-refractivity contribution is 0.354. The monoisotopic (exact) mass is 180 g/mol. The van der Waals surface area contributed by atoms with Crippen LogP contribution in [-0.4, -0.2) is 0 Å². The van der Waals surface area contributed by atoms with Gasteiger partial charge < -0.3 is 0 Å². The molecule has 0 aromatic heterocycles. The SMILES string of the molecule is CC/C=C(\CC)CC1CCCCC1. The average molecular weight is 180 g/mol. The molecular weight excluding hydrogens is 156 g/mol. The van der Waals surface area contributed by atoms with Crippen LogP contribution in [0.5, 0.6) is 0 Å². The van der Waals surface area contributed by atoms with Crippen molar-refractivity contribution in [3.63, 3.8) is 0 Å². The summed E-state index contributed by atoms with van der Waals surface area (Å²) in [5.74, 6) is 1.02. The molecule has 0 heteroatoms. The molecule has 1 fully saturated rings. The maximum Gasteiger partial charge on any atom is -0.0292 e. The van der Waals surface area contributed by atoms with E-state index < -0.39 is 0 Å². The molecule has 0 saturated heterocycles. The van der Waals surface area contributed by atoms with Gasteiger partial charge in [-0.2, -0.15) is 0 Å². The van der Waals surface area contributed by atoms with Gasteiger partial charge >= 0.3 is 0 Å². The Morgan fingerprint density at radius 3 is 2.38 bits per heavy atom. The minimum Gasteiger partial charge on any atom is -0.0856 e. The molecule has 0 aromatic rings. The fourth-order valence-electron chi connectivity index (χ4n) is 2.42. The second kappa shape index (κ2) is 6.23. The summed E-state index contributed by atoms with van der Waals surface area (Å²) < 4.78 is 0. The van der Waals surface area contributed by atoms with E-state index in [-0.39, 0.29) is 0 Å². The minimum atomic E-state index is 1.02. The normalized spacial score (nSPS) is 20.6. The molecule has 13 heavy (non-hydrogen) atoms. The van der Waals surface area contributed by atoms with Gasteiger partial charge in [-0.15, -0.1) is 0 Å². The molecule has 1 rings (SSSR count). The molecule has 0 nitrogen and oxygen atoms in total. The Balaban J connectivity index is 2.31. The highest BCUT2D eigenvalue weighted by Crippen LogP contribution is 2.29. The van der Waals surface area contributed by atoms with Crippen LogP contribution in [0.2, 0.25) is 0 Å². The summed E-state index contributed by atoms with van der Waals surface area (Å²) in [4.78, 5) is 0. The smallest absolute Gasteiger partial charge is 0.0292 e. The van der Waals surface area contributed by atoms with Crippen LogP contribution in [0.3, 0.4) is 0 Å². The highest BCUT2D eigenvalue weighted by molar-refractivity contribution is 5.02. The van der Waals surface area contributed by atoms with Gasteiger partial charge in [-0.25, -0.2) is 0 Å². The molecule has 0 aromatic carbocycles. The summed E-state index contributed by atoms with van der Waals surface area (Å²) in [5, 5.41) is 0. The van der Waals surface area contributed by atoms with Crippen LogP contribution in [0.25, 0.3) is 0 Å². The second-order valence-corrected chi connectivity index (χ2v) is 4.33. The molecule has 1 aliphatic carbocycles. The molecule has 0 heterocycles. The average Bonchev–Trinajstić information content (AvgIpc) is 2.19. The van der Waals surface area contributed by atoms with Gasteiger partial charge in [0.05, 0.1) is 0 Å². The van der Waals surface area contributed by atoms with Gasteiger partial charge in [0.25, 0.3) is 0 Å². The van der Waals surface area contributed by atoms with E-state index in [2.05, 4.69) is 19.9 Å². The van der Waals surface area contributed by atoms with Crippen LogP contribution in [0, 0.1) is 5.92 Å². The molecular formula is C13H24. The third-order valence-corrected chi connectivity index (χ3v) is 3.22. The van der Waals surface area contributed by atoms with Gasteiger partial charge in [0.2, 0.25) is 0 Å². The van der Waals surface area contributed by atoms with E-state index in [9.17, 15) is 0 Å². The largest absolute Gasteiger partial charge is 0.0856 e. The number of hydrogen-bond donors (Lipinski definition) is 0. The Morgan fingerprint density at radius 2 is 1.85 bits per heavy atom. The predicted molar refractivity (Wildman–Crippen MR) is 59.9 cm³/mol. The molecule has 0 unspecified atom stereocenters. The Morgan fingerprint density at radius 1 is 1.15 bits per heavy atom. The van der Waals surface area contributed by atoms with Crippen molar-refractivity contribution in [1.82, 2.24) is 0 Å². The first-order valence-electron chi connectivity index (χ1n) is 6.04. The van der Waals surface area contributed by atoms with Crippen LogP contribution in [0.4, 0.5) is 0 Å². The molecule has 76 valence electrons. The first-order chi connectivity index (χ1) is 6.36. The molecule has 0 aliphatic heterocycles. The molecule has 0 N–H and O–H groups in total. The van der Waals surface area contributed by atoms with Crippen molar-refractivity contribution in [3.05, 3.63) is 11.6 Å². The van der Waals surface area contributed by atoms with E-state index in [4.69, 9.17) is 0 Å². The first kappa shape index (κ1) is 10.8. The minimum absolute atomic E-state index is 1.02. The zero-order valence-electron chi connectivity index (χ0n) is 9.31. The summed E-state index contributed by atoms with van der Waals surface area (Å²) in [6, 6.07) is 0. The van der Waals surface area contributed by atoms with E-state index in [1.807, 2.05) is 0 Å². The Hall–Kier alpha value is -0.260. The van der Waals surface area contributed by atoms with Gasteiger partial charge in [0, 0.05) is 0 Å². The fourth-order valence-corrected chi connectivity index (χ4v) is 2.42. The Labute approximate surface area is 83.4 Å². The molecule has 0 atom stereocenters. The van der Waals surface area contributed by atoms with Crippen molar-refractivity contribution in [2.24, 2.45) is 5.92 Å². The van der Waals surface area contributed by atoms with Crippen LogP contribution in [-0.2, 0) is 0 Å². The molecule has 1 saturated carbocycles. The van der Waals surface area contributed by atoms with E-state index in [0.717, 1.165) is 5.92 Å². The number of rotatable bonds is 4. The topological polar surface area (TPSA) is 0 Å². The summed E-state index contributed by atoms with van der Waals surface area (Å²) >= 11 is 0. The zero-order chi connectivity index (χ0) is 9.52. The predicted octanol–water partition coefficient (Wildman–Crippen LogP) is 4.70. The van der Waals surface area contributed by atoms with E-state index in [0.29, 0.717) is 0 Å². The third-order valence-electron chi connectivity index (χ3n) is 3.22. The van der Waals surface area contributed by atoms with Crippen LogP contribution >= 0.6 is 0 Å². The third kappa shape index (κ3) is 3.97. The van der Waals surface area contributed by atoms with Crippen LogP contribution in [0.1, 0.15) is 65.2 Å². The fraction of sp³-hybridized carbons (Fsp3) is 0.846. The van der Waals surface area contributed by atoms with Crippen LogP contribution < -0.4 is 0 Å². The summed E-state index contributed by atoms with van der Waals surface area (Å²) in [6.07, 6.45) is 13.7. The highest BCUT2D eigenvalue weighted by Gasteiger charge is 2.13. The molecule has 1 aliphatic rings. The lowest BCUT2D eigenvalue weighted by atomic mass is 9.84. The van der Waals surface area contributed by atoms with Crippen molar-refractivity contribution in [2.75, 3.05) is 0 Å². The standard InChI is InChI=1S/C13H24/c1-3-8-12(4-2)11-13-9-6-5-7-10-13/h8,13H,3-7,9-11H2,1-2H3/b12-8+. The van der Waals surface area contributed by atoms with Crippen molar-refractivity contribution in [3.8, 4) is 0 Å². The van der Waals surface area contributed by atoms with Crippen molar-refractivity contribution in [2.45, 2.75) is 65.2 Å². The zero-order valence-corrected chi connectivity index (χ0v) is 9.31. The number of hydrogen-bond acceptors (Lipinski definition) is 0. The van der Waals surface area contributed by atoms with Crippen molar-refractivity contribution < 1.29 is 0 Å². The maximum atomic E-state index is 2.44. The molecule has 0 amide bonds. The van der Waals surface area contributed by atoms with E-state index in [1.165, 1.54) is 51.4 Å². The van der Waals surface area contributed by atoms with Gasteiger partial charge in [-0.05, 0) is 25.2 Å². The summed E-state index contributed by atoms with van der Waals surface area (Å²) in [6.45, 7) is 4.54. The number of allylic oxidation sites excluding steroid dienone is 2. The van der Waals surface area contributed by atoms with Gasteiger partial charge in [-0.1, -0.05) is 57.6 Å². The Bertz CT molecular complexity index is 149. The highest BCUT2D eigenvalue weighted by atomic mass is 14.2. The van der Waals surface area contributed by atoms with E-state index >= 15 is 0 Å². The van der Waals surface area contributed by atoms with Gasteiger partial charge in [0.15, 0.2) is 0 Å². The summed E-state index contributed by atoms with van der Waals surface area (Å²) in [5.41, 5.74) is 1.70. The van der Waals surface area contributed by atoms with E-state index in [1.54, 1.807) is 5.57 Å². The van der Waals surface area contributed by atoms with Gasteiger partial charge in [-0.3, -0.25) is 0 Å². The Kier molecular flexibility index (Phi) is 5.19. The van der Waals surface area contributed by atoms with Gasteiger partial charge in [0.1, 0.15) is 0 Å². The maximum absolute atomic E-state index is 2.44. The second-order valence-electron chi connectivity index (χ2n) is 4.33. The molecule has 0 spiro atoms. The van der Waals surface area contributed by atoms with Crippen LogP contribution in [0.15, 0.2) is 11.6 Å². The quantitative estimate of drug-likeness (QED) is 0.550. The summed E-state index contributed by atoms with van der Waals surface area (Å²) in [7, 11) is 0. The lowest BCUT2D eigenvalue weighted by Crippen LogP contribution is -2.06. The molecule has 0 bridgehead atoms. The first-order valence-corrected chi connectivity index (χ1v) is 6.04. The van der Waals surface area contributed by atoms with Crippen molar-refractivity contribution >= 4 is 0 Å². The lowest BCUT2D eigenvalue weighted by Gasteiger charge is -2.22.